The van der Waals surface area contributed by atoms with E-state index in [2.05, 4.69) is 10.3 Å². The van der Waals surface area contributed by atoms with Gasteiger partial charge < -0.3 is 10.1 Å². The Balaban J connectivity index is 1.88. The van der Waals surface area contributed by atoms with E-state index in [9.17, 15) is 22.8 Å². The fraction of sp³-hybridized carbons (Fsp3) is 0.300. The molecule has 2 N–H and O–H groups in total. The van der Waals surface area contributed by atoms with E-state index in [0.29, 0.717) is 6.42 Å². The van der Waals surface area contributed by atoms with Crippen LogP contribution in [0.5, 0.6) is 0 Å². The van der Waals surface area contributed by atoms with Crippen molar-refractivity contribution in [3.05, 3.63) is 65.5 Å². The van der Waals surface area contributed by atoms with E-state index in [1.807, 2.05) is 17.7 Å². The molecular weight excluding hydrogens is 410 g/mol. The first-order valence-corrected chi connectivity index (χ1v) is 10.9. The third-order valence-corrected chi connectivity index (χ3v) is 5.11. The SMILES string of the molecule is CCCOC(=O)CNC(=O)c1ccc(C(=O)NS(=O)(=O)CCc2ccccc2)cn1. The molecule has 2 amide bonds. The summed E-state index contributed by atoms with van der Waals surface area (Å²) in [6.07, 6.45) is 2.03. The number of aromatic nitrogens is 1. The fourth-order valence-electron chi connectivity index (χ4n) is 2.32. The third-order valence-electron chi connectivity index (χ3n) is 3.87. The molecule has 0 saturated heterocycles. The van der Waals surface area contributed by atoms with Gasteiger partial charge in [-0.15, -0.1) is 0 Å². The van der Waals surface area contributed by atoms with Gasteiger partial charge in [0.1, 0.15) is 12.2 Å². The Morgan fingerprint density at radius 3 is 2.40 bits per heavy atom. The Bertz CT molecular complexity index is 975. The number of nitrogens with zero attached hydrogens (tertiary/aromatic N) is 1. The van der Waals surface area contributed by atoms with Crippen LogP contribution >= 0.6 is 0 Å². The highest BCUT2D eigenvalue weighted by Crippen LogP contribution is 2.04. The normalized spacial score (nSPS) is 10.8. The molecule has 0 saturated carbocycles. The van der Waals surface area contributed by atoms with E-state index in [4.69, 9.17) is 4.74 Å². The Labute approximate surface area is 174 Å². The highest BCUT2D eigenvalue weighted by atomic mass is 32.2. The molecule has 0 aliphatic rings. The molecule has 0 atom stereocenters. The number of sulfonamides is 1. The number of carbonyl (C=O) groups is 3. The van der Waals surface area contributed by atoms with Crippen LogP contribution in [-0.2, 0) is 26.0 Å². The number of nitrogens with one attached hydrogen (secondary N) is 2. The van der Waals surface area contributed by atoms with Crippen molar-refractivity contribution < 1.29 is 27.5 Å². The van der Waals surface area contributed by atoms with Crippen molar-refractivity contribution in [1.82, 2.24) is 15.0 Å². The largest absolute Gasteiger partial charge is 0.464 e. The van der Waals surface area contributed by atoms with E-state index >= 15 is 0 Å². The zero-order valence-corrected chi connectivity index (χ0v) is 17.3. The monoisotopic (exact) mass is 433 g/mol. The van der Waals surface area contributed by atoms with Crippen LogP contribution in [0.25, 0.3) is 0 Å². The molecule has 10 heteroatoms. The minimum absolute atomic E-state index is 0.0165. The quantitative estimate of drug-likeness (QED) is 0.536. The molecule has 0 unspecified atom stereocenters. The van der Waals surface area contributed by atoms with Crippen LogP contribution in [0, 0.1) is 0 Å². The van der Waals surface area contributed by atoms with Gasteiger partial charge in [-0.1, -0.05) is 37.3 Å². The lowest BCUT2D eigenvalue weighted by molar-refractivity contribution is -0.142. The van der Waals surface area contributed by atoms with Crippen molar-refractivity contribution in [2.45, 2.75) is 19.8 Å². The number of rotatable bonds is 10. The molecule has 0 spiro atoms. The minimum atomic E-state index is -3.84. The molecular formula is C20H23N3O6S. The molecule has 0 bridgehead atoms. The van der Waals surface area contributed by atoms with E-state index in [1.54, 1.807) is 24.3 Å². The summed E-state index contributed by atoms with van der Waals surface area (Å²) in [6, 6.07) is 11.6. The number of benzene rings is 1. The van der Waals surface area contributed by atoms with Crippen LogP contribution < -0.4 is 10.0 Å². The molecule has 160 valence electrons. The highest BCUT2D eigenvalue weighted by molar-refractivity contribution is 7.90. The molecule has 2 rings (SSSR count). The summed E-state index contributed by atoms with van der Waals surface area (Å²) in [6.45, 7) is 1.81. The summed E-state index contributed by atoms with van der Waals surface area (Å²) < 4.78 is 31.1. The number of hydrogen-bond donors (Lipinski definition) is 2. The van der Waals surface area contributed by atoms with Crippen LogP contribution in [0.2, 0.25) is 0 Å². The van der Waals surface area contributed by atoms with Gasteiger partial charge in [-0.2, -0.15) is 0 Å². The molecule has 1 aromatic heterocycles. The predicted molar refractivity (Wildman–Crippen MR) is 109 cm³/mol. The number of ether oxygens (including phenoxy) is 1. The summed E-state index contributed by atoms with van der Waals surface area (Å²) >= 11 is 0. The lowest BCUT2D eigenvalue weighted by Gasteiger charge is -2.08. The van der Waals surface area contributed by atoms with Gasteiger partial charge in [0.15, 0.2) is 0 Å². The summed E-state index contributed by atoms with van der Waals surface area (Å²) in [5, 5.41) is 2.35. The molecule has 0 aliphatic heterocycles. The standard InChI is InChI=1S/C20H23N3O6S/c1-2-11-29-18(24)14-22-20(26)17-9-8-16(13-21-17)19(25)23-30(27,28)12-10-15-6-4-3-5-7-15/h3-9,13H,2,10-12,14H2,1H3,(H,22,26)(H,23,25). The van der Waals surface area contributed by atoms with Gasteiger partial charge in [0.2, 0.25) is 10.0 Å². The molecule has 2 aromatic rings. The van der Waals surface area contributed by atoms with Gasteiger partial charge in [0.05, 0.1) is 17.9 Å². The predicted octanol–water partition coefficient (Wildman–Crippen LogP) is 1.07. The maximum atomic E-state index is 12.2. The van der Waals surface area contributed by atoms with Gasteiger partial charge >= 0.3 is 5.97 Å². The lowest BCUT2D eigenvalue weighted by Crippen LogP contribution is -2.33. The van der Waals surface area contributed by atoms with Crippen molar-refractivity contribution >= 4 is 27.8 Å². The smallest absolute Gasteiger partial charge is 0.325 e. The number of aryl methyl sites for hydroxylation is 1. The van der Waals surface area contributed by atoms with Crippen LogP contribution in [0.3, 0.4) is 0 Å². The fourth-order valence-corrected chi connectivity index (χ4v) is 3.33. The van der Waals surface area contributed by atoms with E-state index in [1.165, 1.54) is 12.1 Å². The summed E-state index contributed by atoms with van der Waals surface area (Å²) in [7, 11) is -3.84. The average Bonchev–Trinajstić information content (AvgIpc) is 2.75. The van der Waals surface area contributed by atoms with Gasteiger partial charge in [-0.25, -0.2) is 13.1 Å². The molecule has 1 heterocycles. The van der Waals surface area contributed by atoms with Crippen LogP contribution in [0.4, 0.5) is 0 Å². The summed E-state index contributed by atoms with van der Waals surface area (Å²) in [5.74, 6) is -2.27. The van der Waals surface area contributed by atoms with Crippen LogP contribution in [-0.4, -0.2) is 50.1 Å². The zero-order valence-electron chi connectivity index (χ0n) is 16.5. The van der Waals surface area contributed by atoms with Gasteiger partial charge in [0, 0.05) is 6.20 Å². The first-order chi connectivity index (χ1) is 14.3. The first kappa shape index (κ1) is 23.0. The Morgan fingerprint density at radius 1 is 1.03 bits per heavy atom. The molecule has 9 nitrogen and oxygen atoms in total. The second-order valence-electron chi connectivity index (χ2n) is 6.32. The highest BCUT2D eigenvalue weighted by Gasteiger charge is 2.17. The summed E-state index contributed by atoms with van der Waals surface area (Å²) in [5.41, 5.74) is 0.796. The molecule has 30 heavy (non-hydrogen) atoms. The zero-order chi connectivity index (χ0) is 22.0. The van der Waals surface area contributed by atoms with Crippen LogP contribution in [0.15, 0.2) is 48.7 Å². The minimum Gasteiger partial charge on any atom is -0.464 e. The van der Waals surface area contributed by atoms with Gasteiger partial charge in [-0.05, 0) is 30.5 Å². The molecule has 0 aliphatic carbocycles. The van der Waals surface area contributed by atoms with Crippen molar-refractivity contribution in [3.8, 4) is 0 Å². The Kier molecular flexibility index (Phi) is 8.48. The Hall–Kier alpha value is -3.27. The number of esters is 1. The van der Waals surface area contributed by atoms with E-state index in [-0.39, 0.29) is 36.6 Å². The maximum absolute atomic E-state index is 12.2. The van der Waals surface area contributed by atoms with Crippen molar-refractivity contribution in [3.63, 3.8) is 0 Å². The third kappa shape index (κ3) is 7.63. The van der Waals surface area contributed by atoms with Gasteiger partial charge in [0.25, 0.3) is 11.8 Å². The van der Waals surface area contributed by atoms with Crippen LogP contribution in [0.1, 0.15) is 39.8 Å². The van der Waals surface area contributed by atoms with Crippen molar-refractivity contribution in [1.29, 1.82) is 0 Å². The number of amides is 2. The van der Waals surface area contributed by atoms with Crippen molar-refractivity contribution in [2.75, 3.05) is 18.9 Å². The second kappa shape index (κ2) is 11.1. The maximum Gasteiger partial charge on any atom is 0.325 e. The lowest BCUT2D eigenvalue weighted by atomic mass is 10.2. The topological polar surface area (TPSA) is 132 Å². The molecule has 0 fully saturated rings. The van der Waals surface area contributed by atoms with E-state index < -0.39 is 27.8 Å². The summed E-state index contributed by atoms with van der Waals surface area (Å²) in [4.78, 5) is 39.4. The molecule has 1 aromatic carbocycles. The number of carbonyl (C=O) groups excluding carboxylic acids is 3. The first-order valence-electron chi connectivity index (χ1n) is 9.29. The molecule has 0 radical (unpaired) electrons. The Morgan fingerprint density at radius 2 is 1.77 bits per heavy atom. The van der Waals surface area contributed by atoms with Crippen molar-refractivity contribution in [2.24, 2.45) is 0 Å². The number of pyridine rings is 1. The number of hydrogen-bond acceptors (Lipinski definition) is 7. The van der Waals surface area contributed by atoms with E-state index in [0.717, 1.165) is 11.8 Å². The average molecular weight is 433 g/mol. The van der Waals surface area contributed by atoms with Gasteiger partial charge in [-0.3, -0.25) is 19.4 Å². The second-order valence-corrected chi connectivity index (χ2v) is 8.16.